The molecule has 1 aromatic rings. The Balaban J connectivity index is 1.73. The molecule has 3 heteroatoms. The van der Waals surface area contributed by atoms with Crippen molar-refractivity contribution < 1.29 is 4.39 Å². The molecule has 2 saturated heterocycles. The van der Waals surface area contributed by atoms with E-state index in [2.05, 4.69) is 16.8 Å². The maximum absolute atomic E-state index is 12.8. The molecule has 0 aromatic heterocycles. The second kappa shape index (κ2) is 3.74. The molecule has 1 aromatic carbocycles. The summed E-state index contributed by atoms with van der Waals surface area (Å²) in [5, 5.41) is 0. The number of hydrogen-bond acceptors (Lipinski definition) is 2. The number of fused-ring (bicyclic) bond motifs is 1. The summed E-state index contributed by atoms with van der Waals surface area (Å²) in [6, 6.07) is 6.88. The lowest BCUT2D eigenvalue weighted by atomic mass is 10.0. The van der Waals surface area contributed by atoms with Crippen molar-refractivity contribution in [2.75, 3.05) is 38.1 Å². The van der Waals surface area contributed by atoms with Crippen molar-refractivity contribution >= 4 is 5.69 Å². The Kier molecular flexibility index (Phi) is 2.36. The van der Waals surface area contributed by atoms with E-state index < -0.39 is 0 Å². The van der Waals surface area contributed by atoms with Crippen LogP contribution in [0, 0.1) is 17.7 Å². The van der Waals surface area contributed by atoms with Crippen LogP contribution < -0.4 is 4.90 Å². The predicted octanol–water partition coefficient (Wildman–Crippen LogP) is 1.82. The first-order valence-electron chi connectivity index (χ1n) is 5.91. The fourth-order valence-corrected chi connectivity index (χ4v) is 3.09. The summed E-state index contributed by atoms with van der Waals surface area (Å²) in [4.78, 5) is 4.80. The van der Waals surface area contributed by atoms with E-state index in [4.69, 9.17) is 0 Å². The number of hydrogen-bond donors (Lipinski definition) is 0. The molecule has 2 nitrogen and oxygen atoms in total. The van der Waals surface area contributed by atoms with Gasteiger partial charge in [-0.1, -0.05) is 0 Å². The summed E-state index contributed by atoms with van der Waals surface area (Å²) in [5.74, 6) is 1.45. The van der Waals surface area contributed by atoms with Gasteiger partial charge in [0.1, 0.15) is 5.82 Å². The summed E-state index contributed by atoms with van der Waals surface area (Å²) in [5.41, 5.74) is 1.17. The van der Waals surface area contributed by atoms with Crippen molar-refractivity contribution in [3.05, 3.63) is 30.1 Å². The van der Waals surface area contributed by atoms with Gasteiger partial charge >= 0.3 is 0 Å². The highest BCUT2D eigenvalue weighted by atomic mass is 19.1. The van der Waals surface area contributed by atoms with Gasteiger partial charge in [-0.05, 0) is 43.1 Å². The minimum Gasteiger partial charge on any atom is -0.371 e. The number of benzene rings is 1. The zero-order chi connectivity index (χ0) is 11.1. The van der Waals surface area contributed by atoms with Crippen LogP contribution in [0.15, 0.2) is 24.3 Å². The SMILES string of the molecule is CN1C[C@H]2CN(c3ccc(F)cc3)C[C@@H]2C1. The van der Waals surface area contributed by atoms with Crippen molar-refractivity contribution in [3.8, 4) is 0 Å². The lowest BCUT2D eigenvalue weighted by Gasteiger charge is -2.21. The van der Waals surface area contributed by atoms with Crippen molar-refractivity contribution in [1.29, 1.82) is 0 Å². The van der Waals surface area contributed by atoms with Gasteiger partial charge in [0, 0.05) is 31.9 Å². The average Bonchev–Trinajstić information content (AvgIpc) is 2.75. The highest BCUT2D eigenvalue weighted by Crippen LogP contribution is 2.33. The molecule has 2 heterocycles. The average molecular weight is 220 g/mol. The fourth-order valence-electron chi connectivity index (χ4n) is 3.09. The van der Waals surface area contributed by atoms with Gasteiger partial charge < -0.3 is 9.80 Å². The molecule has 0 amide bonds. The normalized spacial score (nSPS) is 29.8. The first-order valence-corrected chi connectivity index (χ1v) is 5.91. The zero-order valence-corrected chi connectivity index (χ0v) is 9.56. The van der Waals surface area contributed by atoms with Crippen LogP contribution in [-0.4, -0.2) is 38.1 Å². The number of rotatable bonds is 1. The number of likely N-dealkylation sites (tertiary alicyclic amines) is 1. The predicted molar refractivity (Wildman–Crippen MR) is 63.1 cm³/mol. The summed E-state index contributed by atoms with van der Waals surface area (Å²) in [7, 11) is 2.19. The molecule has 86 valence electrons. The van der Waals surface area contributed by atoms with Gasteiger partial charge in [-0.2, -0.15) is 0 Å². The summed E-state index contributed by atoms with van der Waals surface area (Å²) < 4.78 is 12.8. The zero-order valence-electron chi connectivity index (χ0n) is 9.56. The van der Waals surface area contributed by atoms with E-state index >= 15 is 0 Å². The molecule has 0 spiro atoms. The molecule has 2 atom stereocenters. The van der Waals surface area contributed by atoms with Crippen molar-refractivity contribution in [2.45, 2.75) is 0 Å². The molecule has 0 saturated carbocycles. The topological polar surface area (TPSA) is 6.48 Å². The van der Waals surface area contributed by atoms with Crippen molar-refractivity contribution in [3.63, 3.8) is 0 Å². The van der Waals surface area contributed by atoms with E-state index in [0.717, 1.165) is 24.9 Å². The van der Waals surface area contributed by atoms with E-state index in [-0.39, 0.29) is 5.82 Å². The Labute approximate surface area is 95.7 Å². The Hall–Kier alpha value is -1.09. The Bertz CT molecular complexity index is 362. The summed E-state index contributed by atoms with van der Waals surface area (Å²) in [6.07, 6.45) is 0. The lowest BCUT2D eigenvalue weighted by Crippen LogP contribution is -2.26. The molecule has 0 bridgehead atoms. The highest BCUT2D eigenvalue weighted by molar-refractivity contribution is 5.47. The molecule has 2 aliphatic rings. The number of nitrogens with zero attached hydrogens (tertiary/aromatic N) is 2. The van der Waals surface area contributed by atoms with E-state index in [1.807, 2.05) is 12.1 Å². The maximum atomic E-state index is 12.8. The van der Waals surface area contributed by atoms with Crippen LogP contribution in [0.5, 0.6) is 0 Å². The molecule has 2 fully saturated rings. The summed E-state index contributed by atoms with van der Waals surface area (Å²) in [6.45, 7) is 4.67. The number of anilines is 1. The molecule has 0 radical (unpaired) electrons. The first kappa shape index (κ1) is 10.1. The van der Waals surface area contributed by atoms with E-state index in [1.165, 1.54) is 18.8 Å². The largest absolute Gasteiger partial charge is 0.371 e. The monoisotopic (exact) mass is 220 g/mol. The molecule has 0 N–H and O–H groups in total. The van der Waals surface area contributed by atoms with Gasteiger partial charge in [-0.25, -0.2) is 4.39 Å². The van der Waals surface area contributed by atoms with Crippen LogP contribution in [0.1, 0.15) is 0 Å². The van der Waals surface area contributed by atoms with Crippen LogP contribution in [0.3, 0.4) is 0 Å². The van der Waals surface area contributed by atoms with Gasteiger partial charge in [0.2, 0.25) is 0 Å². The second-order valence-electron chi connectivity index (χ2n) is 5.12. The minimum absolute atomic E-state index is 0.150. The van der Waals surface area contributed by atoms with E-state index in [9.17, 15) is 4.39 Å². The number of halogens is 1. The third-order valence-corrected chi connectivity index (χ3v) is 3.86. The quantitative estimate of drug-likeness (QED) is 0.712. The van der Waals surface area contributed by atoms with Gasteiger partial charge in [0.15, 0.2) is 0 Å². The molecular weight excluding hydrogens is 203 g/mol. The summed E-state index contributed by atoms with van der Waals surface area (Å²) >= 11 is 0. The Morgan fingerprint density at radius 3 is 2.12 bits per heavy atom. The van der Waals surface area contributed by atoms with Gasteiger partial charge in [-0.15, -0.1) is 0 Å². The van der Waals surface area contributed by atoms with E-state index in [1.54, 1.807) is 12.1 Å². The molecule has 0 unspecified atom stereocenters. The standard InChI is InChI=1S/C13H17FN2/c1-15-6-10-8-16(9-11(10)7-15)13-4-2-12(14)3-5-13/h2-5,10-11H,6-9H2,1H3/t10-,11-/m0/s1. The van der Waals surface area contributed by atoms with Crippen LogP contribution in [0.25, 0.3) is 0 Å². The maximum Gasteiger partial charge on any atom is 0.123 e. The molecule has 16 heavy (non-hydrogen) atoms. The van der Waals surface area contributed by atoms with Gasteiger partial charge in [0.25, 0.3) is 0 Å². The van der Waals surface area contributed by atoms with Gasteiger partial charge in [0.05, 0.1) is 0 Å². The van der Waals surface area contributed by atoms with Crippen LogP contribution in [0.4, 0.5) is 10.1 Å². The lowest BCUT2D eigenvalue weighted by molar-refractivity contribution is 0.387. The Morgan fingerprint density at radius 1 is 1.00 bits per heavy atom. The Morgan fingerprint density at radius 2 is 1.56 bits per heavy atom. The highest BCUT2D eigenvalue weighted by Gasteiger charge is 2.38. The van der Waals surface area contributed by atoms with Crippen LogP contribution in [-0.2, 0) is 0 Å². The fraction of sp³-hybridized carbons (Fsp3) is 0.538. The van der Waals surface area contributed by atoms with E-state index in [0.29, 0.717) is 0 Å². The third kappa shape index (κ3) is 1.69. The van der Waals surface area contributed by atoms with Crippen LogP contribution in [0.2, 0.25) is 0 Å². The third-order valence-electron chi connectivity index (χ3n) is 3.86. The molecule has 3 rings (SSSR count). The smallest absolute Gasteiger partial charge is 0.123 e. The van der Waals surface area contributed by atoms with Gasteiger partial charge in [-0.3, -0.25) is 0 Å². The molecule has 0 aliphatic carbocycles. The van der Waals surface area contributed by atoms with Crippen molar-refractivity contribution in [1.82, 2.24) is 4.90 Å². The molecular formula is C13H17FN2. The molecule has 2 aliphatic heterocycles. The minimum atomic E-state index is -0.150. The van der Waals surface area contributed by atoms with Crippen LogP contribution >= 0.6 is 0 Å². The second-order valence-corrected chi connectivity index (χ2v) is 5.12. The van der Waals surface area contributed by atoms with Crippen molar-refractivity contribution in [2.24, 2.45) is 11.8 Å². The first-order chi connectivity index (χ1) is 7.72.